The zero-order chi connectivity index (χ0) is 25.9. The molecule has 2 aromatic carbocycles. The van der Waals surface area contributed by atoms with Gasteiger partial charge in [-0.2, -0.15) is 0 Å². The molecule has 192 valence electrons. The Balaban J connectivity index is 1.37. The molecule has 3 fully saturated rings. The Kier molecular flexibility index (Phi) is 5.39. The molecule has 2 aromatic rings. The fourth-order valence-corrected chi connectivity index (χ4v) is 5.65. The van der Waals surface area contributed by atoms with E-state index in [9.17, 15) is 24.3 Å². The van der Waals surface area contributed by atoms with Crippen molar-refractivity contribution in [2.75, 3.05) is 42.7 Å². The summed E-state index contributed by atoms with van der Waals surface area (Å²) in [5.41, 5.74) is 0.982. The Morgan fingerprint density at radius 2 is 1.86 bits per heavy atom. The van der Waals surface area contributed by atoms with Gasteiger partial charge < -0.3 is 19.5 Å². The first-order valence-corrected chi connectivity index (χ1v) is 11.8. The lowest BCUT2D eigenvalue weighted by Gasteiger charge is -2.51. The first-order valence-electron chi connectivity index (χ1n) is 11.8. The molecule has 0 saturated carbocycles. The second-order valence-corrected chi connectivity index (χ2v) is 9.48. The lowest BCUT2D eigenvalue weighted by atomic mass is 9.68. The number of carbonyl (C=O) groups is 4. The zero-order valence-electron chi connectivity index (χ0n) is 19.5. The van der Waals surface area contributed by atoms with Gasteiger partial charge >= 0.3 is 12.1 Å². The molecule has 3 N–H and O–H groups in total. The molecule has 2 atom stereocenters. The number of nitrogens with one attached hydrogen (secondary N) is 2. The van der Waals surface area contributed by atoms with Gasteiger partial charge in [-0.1, -0.05) is 6.07 Å². The molecule has 4 aliphatic heterocycles. The van der Waals surface area contributed by atoms with Crippen LogP contribution in [-0.2, 0) is 25.5 Å². The Hall–Kier alpha value is -4.03. The normalized spacial score (nSPS) is 24.4. The first-order chi connectivity index (χ1) is 17.8. The van der Waals surface area contributed by atoms with Gasteiger partial charge in [0, 0.05) is 17.8 Å². The number of imide groups is 2. The summed E-state index contributed by atoms with van der Waals surface area (Å²) in [4.78, 5) is 53.3. The highest BCUT2D eigenvalue weighted by Gasteiger charge is 2.60. The maximum absolute atomic E-state index is 15.3. The van der Waals surface area contributed by atoms with Gasteiger partial charge in [0.25, 0.3) is 0 Å². The van der Waals surface area contributed by atoms with Crippen molar-refractivity contribution >= 4 is 35.3 Å². The summed E-state index contributed by atoms with van der Waals surface area (Å²) >= 11 is 0. The largest absolute Gasteiger partial charge is 0.441 e. The molecule has 0 bridgehead atoms. The fourth-order valence-electron chi connectivity index (χ4n) is 5.65. The molecule has 1 spiro atoms. The number of nitrogens with zero attached hydrogens (tertiary/aromatic N) is 2. The maximum Gasteiger partial charge on any atom is 0.414 e. The number of fused-ring (bicyclic) bond motifs is 4. The summed E-state index contributed by atoms with van der Waals surface area (Å²) in [5, 5.41) is 13.7. The van der Waals surface area contributed by atoms with Crippen LogP contribution < -0.4 is 20.4 Å². The number of cyclic esters (lactones) is 1. The van der Waals surface area contributed by atoms with Crippen molar-refractivity contribution in [3.05, 3.63) is 47.8 Å². The van der Waals surface area contributed by atoms with Gasteiger partial charge in [-0.3, -0.25) is 25.1 Å². The zero-order valence-corrected chi connectivity index (χ0v) is 19.5. The number of anilines is 2. The predicted molar refractivity (Wildman–Crippen MR) is 126 cm³/mol. The van der Waals surface area contributed by atoms with Crippen LogP contribution >= 0.6 is 0 Å². The van der Waals surface area contributed by atoms with Crippen LogP contribution in [0.2, 0.25) is 0 Å². The van der Waals surface area contributed by atoms with Gasteiger partial charge in [0.1, 0.15) is 11.9 Å². The van der Waals surface area contributed by atoms with Crippen molar-refractivity contribution in [1.29, 1.82) is 0 Å². The van der Waals surface area contributed by atoms with E-state index in [-0.39, 0.29) is 31.7 Å². The average molecular weight is 510 g/mol. The Bertz CT molecular complexity index is 1330. The van der Waals surface area contributed by atoms with Gasteiger partial charge in [0.15, 0.2) is 5.41 Å². The minimum atomic E-state index is -1.58. The van der Waals surface area contributed by atoms with E-state index >= 15 is 4.39 Å². The number of hydrogen-bond donors (Lipinski definition) is 3. The molecule has 11 nitrogen and oxygen atoms in total. The number of rotatable bonds is 3. The van der Waals surface area contributed by atoms with E-state index in [1.165, 1.54) is 11.0 Å². The number of aliphatic hydroxyl groups is 1. The van der Waals surface area contributed by atoms with Gasteiger partial charge in [-0.15, -0.1) is 0 Å². The van der Waals surface area contributed by atoms with Gasteiger partial charge in [0.05, 0.1) is 38.1 Å². The van der Waals surface area contributed by atoms with E-state index in [0.717, 1.165) is 5.69 Å². The van der Waals surface area contributed by atoms with Gasteiger partial charge in [-0.05, 0) is 47.9 Å². The van der Waals surface area contributed by atoms with Crippen LogP contribution in [0.15, 0.2) is 36.4 Å². The minimum absolute atomic E-state index is 0.00746. The van der Waals surface area contributed by atoms with E-state index in [1.807, 2.05) is 11.0 Å². The number of halogens is 1. The monoisotopic (exact) mass is 510 g/mol. The van der Waals surface area contributed by atoms with Crippen molar-refractivity contribution < 1.29 is 38.1 Å². The number of amides is 5. The molecule has 37 heavy (non-hydrogen) atoms. The first kappa shape index (κ1) is 23.4. The second-order valence-electron chi connectivity index (χ2n) is 9.48. The molecule has 0 aromatic heterocycles. The van der Waals surface area contributed by atoms with Crippen molar-refractivity contribution in [3.8, 4) is 11.1 Å². The van der Waals surface area contributed by atoms with Crippen LogP contribution in [0.4, 0.5) is 25.4 Å². The standard InChI is InChI=1S/C25H23FN4O7/c26-18-8-15(30-10-16(11-31)37-24(30)35)2-3-17(18)13-1-4-19-14(7-13)9-25(20-12-36-6-5-29(19)20)21(32)27-23(34)28-22(25)33/h1-4,7-8,16,20,31H,5-6,9-12H2,(H2,27,28,32,33,34)/t16-,20?/m1/s1. The molecule has 0 aliphatic carbocycles. The van der Waals surface area contributed by atoms with Crippen LogP contribution in [-0.4, -0.2) is 74.1 Å². The van der Waals surface area contributed by atoms with Crippen molar-refractivity contribution in [1.82, 2.24) is 10.6 Å². The third kappa shape index (κ3) is 3.55. The number of carbonyl (C=O) groups excluding carboxylic acids is 4. The predicted octanol–water partition coefficient (Wildman–Crippen LogP) is 0.924. The second kappa shape index (κ2) is 8.53. The van der Waals surface area contributed by atoms with E-state index < -0.39 is 47.3 Å². The van der Waals surface area contributed by atoms with Crippen molar-refractivity contribution in [2.24, 2.45) is 5.41 Å². The molecule has 4 aliphatic rings. The molecule has 1 unspecified atom stereocenters. The van der Waals surface area contributed by atoms with E-state index in [4.69, 9.17) is 9.47 Å². The summed E-state index contributed by atoms with van der Waals surface area (Å²) in [7, 11) is 0. The molecule has 12 heteroatoms. The highest BCUT2D eigenvalue weighted by Crippen LogP contribution is 2.45. The number of hydrogen-bond acceptors (Lipinski definition) is 8. The quantitative estimate of drug-likeness (QED) is 0.519. The Labute approximate surface area is 210 Å². The van der Waals surface area contributed by atoms with E-state index in [2.05, 4.69) is 10.6 Å². The smallest absolute Gasteiger partial charge is 0.414 e. The van der Waals surface area contributed by atoms with Crippen LogP contribution in [0.1, 0.15) is 5.56 Å². The van der Waals surface area contributed by atoms with Gasteiger partial charge in [0.2, 0.25) is 11.8 Å². The fraction of sp³-hybridized carbons (Fsp3) is 0.360. The van der Waals surface area contributed by atoms with Crippen LogP contribution in [0.25, 0.3) is 11.1 Å². The topological polar surface area (TPSA) is 138 Å². The molecular weight excluding hydrogens is 487 g/mol. The Morgan fingerprint density at radius 3 is 2.57 bits per heavy atom. The molecule has 5 amide bonds. The average Bonchev–Trinajstić information content (AvgIpc) is 3.27. The lowest BCUT2D eigenvalue weighted by Crippen LogP contribution is -2.73. The van der Waals surface area contributed by atoms with E-state index in [0.29, 0.717) is 30.0 Å². The summed E-state index contributed by atoms with van der Waals surface area (Å²) in [6, 6.07) is 8.22. The third-order valence-electron chi connectivity index (χ3n) is 7.47. The van der Waals surface area contributed by atoms with Crippen LogP contribution in [0.5, 0.6) is 0 Å². The number of aliphatic hydroxyl groups excluding tert-OH is 1. The molecule has 3 saturated heterocycles. The summed E-state index contributed by atoms with van der Waals surface area (Å²) in [6.07, 6.45) is -1.32. The third-order valence-corrected chi connectivity index (χ3v) is 7.47. The number of morpholine rings is 1. The Morgan fingerprint density at radius 1 is 1.08 bits per heavy atom. The van der Waals surface area contributed by atoms with Crippen LogP contribution in [0.3, 0.4) is 0 Å². The minimum Gasteiger partial charge on any atom is -0.441 e. The number of urea groups is 1. The SMILES string of the molecule is O=C1NC(=O)C2(Cc3cc(-c4ccc(N5C[C@H](CO)OC5=O)cc4F)ccc3N3CCOCC32)C(=O)N1. The summed E-state index contributed by atoms with van der Waals surface area (Å²) in [6.45, 7) is 0.775. The highest BCUT2D eigenvalue weighted by molar-refractivity contribution is 6.20. The van der Waals surface area contributed by atoms with Crippen molar-refractivity contribution in [2.45, 2.75) is 18.6 Å². The molecule has 0 radical (unpaired) electrons. The van der Waals surface area contributed by atoms with E-state index in [1.54, 1.807) is 24.3 Å². The molecular formula is C25H23FN4O7. The van der Waals surface area contributed by atoms with Crippen LogP contribution in [0, 0.1) is 11.2 Å². The molecule has 4 heterocycles. The van der Waals surface area contributed by atoms with Crippen molar-refractivity contribution in [3.63, 3.8) is 0 Å². The summed E-state index contributed by atoms with van der Waals surface area (Å²) < 4.78 is 25.9. The molecule has 6 rings (SSSR count). The number of barbiturate groups is 1. The summed E-state index contributed by atoms with van der Waals surface area (Å²) in [5.74, 6) is -1.95. The van der Waals surface area contributed by atoms with Gasteiger partial charge in [-0.25, -0.2) is 14.0 Å². The maximum atomic E-state index is 15.3. The number of ether oxygens (including phenoxy) is 2. The highest BCUT2D eigenvalue weighted by atomic mass is 19.1. The number of benzene rings is 2. The lowest BCUT2D eigenvalue weighted by molar-refractivity contribution is -0.148.